The second-order valence-electron chi connectivity index (χ2n) is 9.33. The highest BCUT2D eigenvalue weighted by Gasteiger charge is 2.34. The van der Waals surface area contributed by atoms with E-state index in [0.717, 1.165) is 44.2 Å². The molecule has 1 saturated heterocycles. The van der Waals surface area contributed by atoms with Gasteiger partial charge in [0.05, 0.1) is 16.3 Å². The van der Waals surface area contributed by atoms with Gasteiger partial charge in [0.1, 0.15) is 5.82 Å². The summed E-state index contributed by atoms with van der Waals surface area (Å²) >= 11 is 0. The van der Waals surface area contributed by atoms with Crippen LogP contribution < -0.4 is 5.32 Å². The third-order valence-electron chi connectivity index (χ3n) is 6.82. The number of carbonyl (C=O) groups is 1. The van der Waals surface area contributed by atoms with E-state index >= 15 is 0 Å². The van der Waals surface area contributed by atoms with E-state index in [1.54, 1.807) is 12.1 Å². The summed E-state index contributed by atoms with van der Waals surface area (Å²) in [7, 11) is -7.50. The zero-order chi connectivity index (χ0) is 25.8. The van der Waals surface area contributed by atoms with Gasteiger partial charge in [0.2, 0.25) is 26.0 Å². The first-order valence-corrected chi connectivity index (χ1v) is 15.2. The Morgan fingerprint density at radius 1 is 0.861 bits per heavy atom. The third-order valence-corrected chi connectivity index (χ3v) is 10.6. The molecule has 11 heteroatoms. The number of nitrogens with one attached hydrogen (secondary N) is 1. The van der Waals surface area contributed by atoms with Crippen LogP contribution in [0.4, 0.5) is 4.39 Å². The summed E-state index contributed by atoms with van der Waals surface area (Å²) in [6.07, 6.45) is 5.84. The Morgan fingerprint density at radius 3 is 2.06 bits per heavy atom. The molecule has 196 valence electrons. The molecule has 1 saturated carbocycles. The van der Waals surface area contributed by atoms with Gasteiger partial charge >= 0.3 is 0 Å². The van der Waals surface area contributed by atoms with Crippen molar-refractivity contribution in [3.05, 3.63) is 59.9 Å². The topological polar surface area (TPSA) is 104 Å². The highest BCUT2D eigenvalue weighted by Crippen LogP contribution is 2.28. The lowest BCUT2D eigenvalue weighted by molar-refractivity contribution is -0.121. The number of halogens is 1. The molecule has 2 fully saturated rings. The van der Waals surface area contributed by atoms with Gasteiger partial charge in [0.15, 0.2) is 0 Å². The van der Waals surface area contributed by atoms with Gasteiger partial charge in [-0.2, -0.15) is 8.61 Å². The predicted octanol–water partition coefficient (Wildman–Crippen LogP) is 3.25. The predicted molar refractivity (Wildman–Crippen MR) is 133 cm³/mol. The van der Waals surface area contributed by atoms with Crippen molar-refractivity contribution in [1.29, 1.82) is 0 Å². The summed E-state index contributed by atoms with van der Waals surface area (Å²) in [5, 5.41) is 2.75. The van der Waals surface area contributed by atoms with E-state index < -0.39 is 31.8 Å². The van der Waals surface area contributed by atoms with E-state index in [0.29, 0.717) is 31.5 Å². The van der Waals surface area contributed by atoms with E-state index in [2.05, 4.69) is 5.32 Å². The third kappa shape index (κ3) is 6.13. The fraction of sp³-hybridized carbons (Fsp3) is 0.480. The largest absolute Gasteiger partial charge is 0.351 e. The number of sulfonamides is 2. The van der Waals surface area contributed by atoms with Crippen LogP contribution >= 0.6 is 0 Å². The number of nitrogens with zero attached hydrogens (tertiary/aromatic N) is 2. The van der Waals surface area contributed by atoms with Gasteiger partial charge in [-0.05, 0) is 67.6 Å². The molecule has 1 N–H and O–H groups in total. The van der Waals surface area contributed by atoms with E-state index in [4.69, 9.17) is 0 Å². The molecule has 8 nitrogen and oxygen atoms in total. The van der Waals surface area contributed by atoms with Crippen LogP contribution in [0.1, 0.15) is 50.5 Å². The van der Waals surface area contributed by atoms with Crippen LogP contribution in [0.2, 0.25) is 0 Å². The van der Waals surface area contributed by atoms with Crippen molar-refractivity contribution < 1.29 is 26.0 Å². The van der Waals surface area contributed by atoms with E-state index in [9.17, 15) is 26.0 Å². The molecule has 2 aliphatic rings. The monoisotopic (exact) mass is 537 g/mol. The van der Waals surface area contributed by atoms with E-state index in [1.807, 2.05) is 0 Å². The van der Waals surface area contributed by atoms with Crippen LogP contribution in [0.5, 0.6) is 0 Å². The molecule has 36 heavy (non-hydrogen) atoms. The maximum atomic E-state index is 13.4. The van der Waals surface area contributed by atoms with Gasteiger partial charge in [0.25, 0.3) is 0 Å². The van der Waals surface area contributed by atoms with Crippen LogP contribution in [-0.2, 0) is 31.4 Å². The molecule has 1 amide bonds. The molecule has 0 bridgehead atoms. The second-order valence-corrected chi connectivity index (χ2v) is 13.2. The molecule has 0 unspecified atom stereocenters. The number of rotatable bonds is 9. The number of hydrogen-bond donors (Lipinski definition) is 1. The zero-order valence-corrected chi connectivity index (χ0v) is 21.7. The lowest BCUT2D eigenvalue weighted by atomic mass is 9.95. The highest BCUT2D eigenvalue weighted by molar-refractivity contribution is 7.89. The second kappa shape index (κ2) is 11.4. The van der Waals surface area contributed by atoms with Crippen molar-refractivity contribution in [3.63, 3.8) is 0 Å². The fourth-order valence-corrected chi connectivity index (χ4v) is 7.93. The summed E-state index contributed by atoms with van der Waals surface area (Å²) in [6.45, 7) is 0.848. The molecule has 2 aromatic carbocycles. The van der Waals surface area contributed by atoms with Crippen molar-refractivity contribution in [2.45, 2.75) is 67.3 Å². The van der Waals surface area contributed by atoms with E-state index in [-0.39, 0.29) is 28.9 Å². The molecule has 1 aliphatic carbocycles. The summed E-state index contributed by atoms with van der Waals surface area (Å²) in [6, 6.07) is 10.7. The van der Waals surface area contributed by atoms with Crippen LogP contribution in [0, 0.1) is 5.82 Å². The maximum Gasteiger partial charge on any atom is 0.243 e. The SMILES string of the molecule is O=C(CN(C1CCCCC1)S(=O)(=O)c1ccc(F)cc1)NCc1ccc(S(=O)(=O)N2CCCC2)cc1. The number of carbonyl (C=O) groups excluding carboxylic acids is 1. The quantitative estimate of drug-likeness (QED) is 0.529. The van der Waals surface area contributed by atoms with Gasteiger partial charge in [-0.15, -0.1) is 0 Å². The standard InChI is InChI=1S/C25H32FN3O5S2/c26-21-10-14-24(15-11-21)36(33,34)29(22-6-2-1-3-7-22)19-25(30)27-18-20-8-12-23(13-9-20)35(31,32)28-16-4-5-17-28/h8-15,22H,1-7,16-19H2,(H,27,30). The first-order valence-electron chi connectivity index (χ1n) is 12.3. The summed E-state index contributed by atoms with van der Waals surface area (Å²) in [5.74, 6) is -0.991. The van der Waals surface area contributed by atoms with Crippen molar-refractivity contribution in [2.24, 2.45) is 0 Å². The lowest BCUT2D eigenvalue weighted by Crippen LogP contribution is -2.46. The number of benzene rings is 2. The van der Waals surface area contributed by atoms with E-state index in [1.165, 1.54) is 32.9 Å². The normalized spacial score (nSPS) is 17.9. The van der Waals surface area contributed by atoms with Crippen LogP contribution in [0.25, 0.3) is 0 Å². The minimum absolute atomic E-state index is 0.0444. The van der Waals surface area contributed by atoms with Gasteiger partial charge in [-0.3, -0.25) is 4.79 Å². The van der Waals surface area contributed by atoms with Gasteiger partial charge in [0, 0.05) is 25.7 Å². The molecule has 4 rings (SSSR count). The first kappa shape index (κ1) is 26.7. The smallest absolute Gasteiger partial charge is 0.243 e. The Hall–Kier alpha value is -2.34. The summed E-state index contributed by atoms with van der Waals surface area (Å²) < 4.78 is 68.2. The average Bonchev–Trinajstić information content (AvgIpc) is 3.43. The summed E-state index contributed by atoms with van der Waals surface area (Å²) in [5.41, 5.74) is 0.703. The fourth-order valence-electron chi connectivity index (χ4n) is 4.78. The Kier molecular flexibility index (Phi) is 8.44. The Balaban J connectivity index is 1.42. The molecule has 1 aliphatic heterocycles. The minimum Gasteiger partial charge on any atom is -0.351 e. The number of hydrogen-bond acceptors (Lipinski definition) is 5. The molecular formula is C25H32FN3O5S2. The minimum atomic E-state index is -3.99. The molecule has 0 aromatic heterocycles. The van der Waals surface area contributed by atoms with Crippen molar-refractivity contribution in [1.82, 2.24) is 13.9 Å². The van der Waals surface area contributed by atoms with Crippen molar-refractivity contribution >= 4 is 26.0 Å². The zero-order valence-electron chi connectivity index (χ0n) is 20.1. The van der Waals surface area contributed by atoms with Crippen LogP contribution in [0.15, 0.2) is 58.3 Å². The van der Waals surface area contributed by atoms with Crippen molar-refractivity contribution in [2.75, 3.05) is 19.6 Å². The summed E-state index contributed by atoms with van der Waals surface area (Å²) in [4.78, 5) is 13.0. The Bertz CT molecular complexity index is 1250. The van der Waals surface area contributed by atoms with Crippen LogP contribution in [-0.4, -0.2) is 57.0 Å². The van der Waals surface area contributed by atoms with Crippen molar-refractivity contribution in [3.8, 4) is 0 Å². The Morgan fingerprint density at radius 2 is 1.44 bits per heavy atom. The van der Waals surface area contributed by atoms with Gasteiger partial charge in [-0.1, -0.05) is 31.4 Å². The van der Waals surface area contributed by atoms with Gasteiger partial charge < -0.3 is 5.32 Å². The molecule has 1 heterocycles. The van der Waals surface area contributed by atoms with Crippen LogP contribution in [0.3, 0.4) is 0 Å². The molecular weight excluding hydrogens is 505 g/mol. The molecule has 0 atom stereocenters. The first-order chi connectivity index (χ1) is 17.2. The number of amides is 1. The molecule has 2 aromatic rings. The average molecular weight is 538 g/mol. The lowest BCUT2D eigenvalue weighted by Gasteiger charge is -2.33. The molecule has 0 spiro atoms. The Labute approximate surface area is 212 Å². The van der Waals surface area contributed by atoms with Gasteiger partial charge in [-0.25, -0.2) is 21.2 Å². The highest BCUT2D eigenvalue weighted by atomic mass is 32.2. The molecule has 0 radical (unpaired) electrons. The maximum absolute atomic E-state index is 13.4.